The summed E-state index contributed by atoms with van der Waals surface area (Å²) in [5.74, 6) is 0.909. The lowest BCUT2D eigenvalue weighted by molar-refractivity contribution is 0.0918. The van der Waals surface area contributed by atoms with E-state index in [4.69, 9.17) is 9.47 Å². The van der Waals surface area contributed by atoms with Crippen molar-refractivity contribution in [3.05, 3.63) is 58.5 Å². The van der Waals surface area contributed by atoms with Crippen LogP contribution in [0.1, 0.15) is 30.8 Å². The van der Waals surface area contributed by atoms with Crippen LogP contribution in [0.25, 0.3) is 0 Å². The largest absolute Gasteiger partial charge is 0.492 e. The number of amides is 1. The van der Waals surface area contributed by atoms with Crippen LogP contribution in [-0.4, -0.2) is 42.1 Å². The van der Waals surface area contributed by atoms with Crippen LogP contribution in [0.4, 0.5) is 0 Å². The minimum absolute atomic E-state index is 0.206. The molecule has 0 saturated heterocycles. The summed E-state index contributed by atoms with van der Waals surface area (Å²) < 4.78 is 12.3. The molecule has 1 amide bonds. The van der Waals surface area contributed by atoms with Gasteiger partial charge < -0.3 is 14.8 Å². The maximum atomic E-state index is 12.2. The zero-order valence-corrected chi connectivity index (χ0v) is 15.9. The van der Waals surface area contributed by atoms with Crippen LogP contribution >= 0.6 is 0 Å². The van der Waals surface area contributed by atoms with Crippen molar-refractivity contribution in [3.8, 4) is 5.75 Å². The second-order valence-electron chi connectivity index (χ2n) is 6.52. The van der Waals surface area contributed by atoms with E-state index in [2.05, 4.69) is 24.3 Å². The van der Waals surface area contributed by atoms with Gasteiger partial charge in [0.1, 0.15) is 18.1 Å². The van der Waals surface area contributed by atoms with Crippen LogP contribution in [0.3, 0.4) is 0 Å². The molecule has 1 aromatic carbocycles. The molecule has 0 spiro atoms. The number of aromatic nitrogens is 2. The predicted molar refractivity (Wildman–Crippen MR) is 103 cm³/mol. The van der Waals surface area contributed by atoms with Crippen LogP contribution in [0, 0.1) is 5.92 Å². The van der Waals surface area contributed by atoms with Gasteiger partial charge in [-0.05, 0) is 30.5 Å². The minimum Gasteiger partial charge on any atom is -0.492 e. The van der Waals surface area contributed by atoms with Crippen LogP contribution in [-0.2, 0) is 11.3 Å². The van der Waals surface area contributed by atoms with Crippen LogP contribution in [0.15, 0.2) is 47.3 Å². The van der Waals surface area contributed by atoms with Crippen molar-refractivity contribution in [2.75, 3.05) is 26.4 Å². The van der Waals surface area contributed by atoms with Crippen molar-refractivity contribution < 1.29 is 14.3 Å². The molecule has 2 rings (SSSR count). The molecular weight excluding hydrogens is 346 g/mol. The first kappa shape index (κ1) is 20.6. The Balaban J connectivity index is 1.79. The molecule has 0 saturated carbocycles. The van der Waals surface area contributed by atoms with Gasteiger partial charge in [0, 0.05) is 25.8 Å². The average Bonchev–Trinajstić information content (AvgIpc) is 2.66. The third-order valence-corrected chi connectivity index (χ3v) is 3.62. The molecule has 1 N–H and O–H groups in total. The van der Waals surface area contributed by atoms with Gasteiger partial charge in [0.05, 0.1) is 6.54 Å². The first-order chi connectivity index (χ1) is 13.1. The highest BCUT2D eigenvalue weighted by atomic mass is 16.5. The van der Waals surface area contributed by atoms with Crippen molar-refractivity contribution in [3.63, 3.8) is 0 Å². The summed E-state index contributed by atoms with van der Waals surface area (Å²) in [5, 5.41) is 6.91. The van der Waals surface area contributed by atoms with Gasteiger partial charge in [0.15, 0.2) is 0 Å². The molecular formula is C20H27N3O4. The summed E-state index contributed by atoms with van der Waals surface area (Å²) in [6, 6.07) is 12.1. The fourth-order valence-electron chi connectivity index (χ4n) is 2.28. The van der Waals surface area contributed by atoms with E-state index in [0.717, 1.165) is 12.2 Å². The molecule has 0 radical (unpaired) electrons. The molecule has 146 valence electrons. The number of nitrogens with zero attached hydrogens (tertiary/aromatic N) is 2. The molecule has 0 atom stereocenters. The van der Waals surface area contributed by atoms with Crippen LogP contribution < -0.4 is 15.6 Å². The molecule has 0 fully saturated rings. The average molecular weight is 373 g/mol. The third-order valence-electron chi connectivity index (χ3n) is 3.62. The zero-order valence-electron chi connectivity index (χ0n) is 15.9. The summed E-state index contributed by atoms with van der Waals surface area (Å²) in [5.41, 5.74) is -0.0669. The van der Waals surface area contributed by atoms with E-state index in [1.54, 1.807) is 0 Å². The number of carbonyl (C=O) groups is 1. The number of carbonyl (C=O) groups excluding carboxylic acids is 1. The van der Waals surface area contributed by atoms with Gasteiger partial charge in [0.2, 0.25) is 0 Å². The fraction of sp³-hybridized carbons (Fsp3) is 0.450. The molecule has 0 bridgehead atoms. The number of rotatable bonds is 11. The van der Waals surface area contributed by atoms with E-state index in [9.17, 15) is 9.59 Å². The van der Waals surface area contributed by atoms with Crippen molar-refractivity contribution in [1.29, 1.82) is 0 Å². The fourth-order valence-corrected chi connectivity index (χ4v) is 2.28. The number of benzene rings is 1. The highest BCUT2D eigenvalue weighted by Crippen LogP contribution is 2.07. The lowest BCUT2D eigenvalue weighted by Crippen LogP contribution is -2.31. The maximum Gasteiger partial charge on any atom is 0.271 e. The number of ether oxygens (including phenoxy) is 2. The molecule has 7 heteroatoms. The van der Waals surface area contributed by atoms with Crippen LogP contribution in [0.2, 0.25) is 0 Å². The maximum absolute atomic E-state index is 12.2. The van der Waals surface area contributed by atoms with Gasteiger partial charge in [-0.15, -0.1) is 0 Å². The van der Waals surface area contributed by atoms with E-state index >= 15 is 0 Å². The SMILES string of the molecule is CC(C)COCCCNC(=O)c1ccc(=O)n(CCOc2ccccc2)n1. The molecule has 0 aliphatic rings. The second kappa shape index (κ2) is 11.1. The standard InChI is InChI=1S/C20H27N3O4/c1-16(2)15-26-13-6-11-21-20(25)18-9-10-19(24)23(22-18)12-14-27-17-7-4-3-5-8-17/h3-5,7-10,16H,6,11-15H2,1-2H3,(H,21,25). The monoisotopic (exact) mass is 373 g/mol. The first-order valence-electron chi connectivity index (χ1n) is 9.18. The lowest BCUT2D eigenvalue weighted by Gasteiger charge is -2.10. The Labute approximate surface area is 159 Å². The molecule has 27 heavy (non-hydrogen) atoms. The molecule has 2 aromatic rings. The summed E-state index contributed by atoms with van der Waals surface area (Å²) >= 11 is 0. The van der Waals surface area contributed by atoms with Gasteiger partial charge in [-0.2, -0.15) is 5.10 Å². The smallest absolute Gasteiger partial charge is 0.271 e. The molecule has 7 nitrogen and oxygen atoms in total. The number of hydrogen-bond donors (Lipinski definition) is 1. The van der Waals surface area contributed by atoms with E-state index in [1.807, 2.05) is 30.3 Å². The number of para-hydroxylation sites is 1. The summed E-state index contributed by atoms with van der Waals surface area (Å²) in [6.07, 6.45) is 0.725. The molecule has 0 aliphatic carbocycles. The molecule has 0 unspecified atom stereocenters. The Morgan fingerprint density at radius 1 is 1.15 bits per heavy atom. The Kier molecular flexibility index (Phi) is 8.51. The molecule has 0 aliphatic heterocycles. The topological polar surface area (TPSA) is 82.5 Å². The quantitative estimate of drug-likeness (QED) is 0.610. The van der Waals surface area contributed by atoms with Gasteiger partial charge in [-0.25, -0.2) is 4.68 Å². The highest BCUT2D eigenvalue weighted by Gasteiger charge is 2.09. The normalized spacial score (nSPS) is 10.8. The van der Waals surface area contributed by atoms with Crippen molar-refractivity contribution >= 4 is 5.91 Å². The molecule has 1 aromatic heterocycles. The first-order valence-corrected chi connectivity index (χ1v) is 9.18. The Bertz CT molecular complexity index is 759. The van der Waals surface area contributed by atoms with Crippen LogP contribution in [0.5, 0.6) is 5.75 Å². The molecule has 1 heterocycles. The summed E-state index contributed by atoms with van der Waals surface area (Å²) in [7, 11) is 0. The third kappa shape index (κ3) is 7.62. The van der Waals surface area contributed by atoms with Gasteiger partial charge in [-0.3, -0.25) is 9.59 Å². The lowest BCUT2D eigenvalue weighted by atomic mass is 10.2. The van der Waals surface area contributed by atoms with Crippen molar-refractivity contribution in [2.45, 2.75) is 26.8 Å². The predicted octanol–water partition coefficient (Wildman–Crippen LogP) is 2.11. The Morgan fingerprint density at radius 2 is 1.93 bits per heavy atom. The van der Waals surface area contributed by atoms with Gasteiger partial charge >= 0.3 is 0 Å². The van der Waals surface area contributed by atoms with Crippen molar-refractivity contribution in [1.82, 2.24) is 15.1 Å². The van der Waals surface area contributed by atoms with Crippen molar-refractivity contribution in [2.24, 2.45) is 5.92 Å². The number of hydrogen-bond acceptors (Lipinski definition) is 5. The summed E-state index contributed by atoms with van der Waals surface area (Å²) in [6.45, 7) is 6.54. The van der Waals surface area contributed by atoms with Gasteiger partial charge in [-0.1, -0.05) is 32.0 Å². The highest BCUT2D eigenvalue weighted by molar-refractivity contribution is 5.91. The minimum atomic E-state index is -0.309. The summed E-state index contributed by atoms with van der Waals surface area (Å²) in [4.78, 5) is 24.1. The zero-order chi connectivity index (χ0) is 19.5. The Morgan fingerprint density at radius 3 is 2.67 bits per heavy atom. The van der Waals surface area contributed by atoms with Gasteiger partial charge in [0.25, 0.3) is 11.5 Å². The number of nitrogens with one attached hydrogen (secondary N) is 1. The Hall–Kier alpha value is -2.67. The van der Waals surface area contributed by atoms with E-state index in [0.29, 0.717) is 25.7 Å². The van der Waals surface area contributed by atoms with E-state index < -0.39 is 0 Å². The second-order valence-corrected chi connectivity index (χ2v) is 6.52. The van der Waals surface area contributed by atoms with E-state index in [-0.39, 0.29) is 30.3 Å². The van der Waals surface area contributed by atoms with E-state index in [1.165, 1.54) is 16.8 Å².